The first kappa shape index (κ1) is 18.7. The van der Waals surface area contributed by atoms with Gasteiger partial charge in [-0.2, -0.15) is 4.99 Å². The fourth-order valence-electron chi connectivity index (χ4n) is 2.43. The predicted octanol–water partition coefficient (Wildman–Crippen LogP) is -1.91. The molecule has 8 nitrogen and oxygen atoms in total. The van der Waals surface area contributed by atoms with E-state index < -0.39 is 10.2 Å². The zero-order valence-corrected chi connectivity index (χ0v) is 15.2. The molecule has 1 aliphatic heterocycles. The van der Waals surface area contributed by atoms with Gasteiger partial charge in [0.25, 0.3) is 0 Å². The summed E-state index contributed by atoms with van der Waals surface area (Å²) in [5.74, 6) is 0.645. The first-order chi connectivity index (χ1) is 12.2. The van der Waals surface area contributed by atoms with E-state index in [1.807, 2.05) is 47.8 Å². The summed E-state index contributed by atoms with van der Waals surface area (Å²) in [5.41, 5.74) is 2.58. The third-order valence-electron chi connectivity index (χ3n) is 3.44. The summed E-state index contributed by atoms with van der Waals surface area (Å²) in [7, 11) is -4.94. The number of quaternary nitrogens is 1. The molecular weight excluding hydrogens is 432 g/mol. The van der Waals surface area contributed by atoms with Gasteiger partial charge in [-0.1, -0.05) is 28.1 Å². The van der Waals surface area contributed by atoms with Crippen molar-refractivity contribution >= 4 is 44.1 Å². The van der Waals surface area contributed by atoms with Gasteiger partial charge in [0.2, 0.25) is 5.84 Å². The van der Waals surface area contributed by atoms with E-state index in [0.717, 1.165) is 21.2 Å². The minimum Gasteiger partial charge on any atom is -0.422 e. The molecule has 0 spiro atoms. The maximum absolute atomic E-state index is 12.2. The first-order valence-electron chi connectivity index (χ1n) is 7.09. The zero-order valence-electron chi connectivity index (χ0n) is 12.8. The Morgan fingerprint density at radius 3 is 2.42 bits per heavy atom. The normalized spacial score (nSPS) is 13.0. The second kappa shape index (κ2) is 7.25. The van der Waals surface area contributed by atoms with Crippen LogP contribution in [0.5, 0.6) is 0 Å². The Balaban J connectivity index is 0.000000349. The van der Waals surface area contributed by atoms with Gasteiger partial charge >= 0.3 is 5.63 Å². The van der Waals surface area contributed by atoms with Crippen LogP contribution in [0.1, 0.15) is 5.56 Å². The van der Waals surface area contributed by atoms with E-state index in [1.165, 1.54) is 0 Å². The molecule has 4 rings (SSSR count). The Bertz CT molecular complexity index is 1050. The lowest BCUT2D eigenvalue weighted by atomic mass is 10.2. The second-order valence-electron chi connectivity index (χ2n) is 5.21. The Kier molecular flexibility index (Phi) is 5.21. The van der Waals surface area contributed by atoms with Crippen molar-refractivity contribution < 1.29 is 38.6 Å². The van der Waals surface area contributed by atoms with E-state index in [2.05, 4.69) is 20.9 Å². The maximum Gasteiger partial charge on any atom is 0.351 e. The van der Waals surface area contributed by atoms with Crippen LogP contribution in [0.15, 0.2) is 67.2 Å². The fraction of sp³-hybridized carbons (Fsp3) is 0. The molecule has 0 unspecified atom stereocenters. The summed E-state index contributed by atoms with van der Waals surface area (Å²) in [5, 5.41) is 2.77. The molecule has 0 saturated heterocycles. The summed E-state index contributed by atoms with van der Waals surface area (Å²) in [4.78, 5) is 16.7. The van der Waals surface area contributed by atoms with Crippen LogP contribution >= 0.6 is 15.9 Å². The zero-order chi connectivity index (χ0) is 18.9. The number of para-hydroxylation sites is 2. The van der Waals surface area contributed by atoms with Gasteiger partial charge in [-0.15, -0.1) is 10.2 Å². The summed E-state index contributed by atoms with van der Waals surface area (Å²) >= 11 is 3.42. The SMILES string of the molecule is O=c1oc2ccc(Br)cc2cc1C1=Nc2ccccc2[NH2+]1.[O-][Cl+3]([O-])([O-])[O-]. The van der Waals surface area contributed by atoms with Crippen molar-refractivity contribution in [1.82, 2.24) is 0 Å². The molecule has 1 aromatic heterocycles. The van der Waals surface area contributed by atoms with Gasteiger partial charge in [0.05, 0.1) is 0 Å². The van der Waals surface area contributed by atoms with E-state index >= 15 is 0 Å². The second-order valence-corrected chi connectivity index (χ2v) is 6.88. The van der Waals surface area contributed by atoms with Gasteiger partial charge in [-0.05, 0) is 30.3 Å². The minimum absolute atomic E-state index is 0.368. The number of amidine groups is 1. The smallest absolute Gasteiger partial charge is 0.351 e. The number of aliphatic imine (C=N–C) groups is 1. The molecule has 0 radical (unpaired) electrons. The van der Waals surface area contributed by atoms with Crippen molar-refractivity contribution in [3.63, 3.8) is 0 Å². The van der Waals surface area contributed by atoms with Crippen LogP contribution < -0.4 is 29.6 Å². The van der Waals surface area contributed by atoms with Crippen LogP contribution in [0.2, 0.25) is 0 Å². The molecule has 0 saturated carbocycles. The number of hydrogen-bond donors (Lipinski definition) is 1. The van der Waals surface area contributed by atoms with E-state index in [9.17, 15) is 4.79 Å². The quantitative estimate of drug-likeness (QED) is 0.343. The average Bonchev–Trinajstić information content (AvgIpc) is 2.97. The van der Waals surface area contributed by atoms with Gasteiger partial charge in [0.1, 0.15) is 16.8 Å². The predicted molar refractivity (Wildman–Crippen MR) is 84.4 cm³/mol. The number of halogens is 2. The van der Waals surface area contributed by atoms with Crippen LogP contribution in [0, 0.1) is 10.2 Å². The molecule has 2 heterocycles. The highest BCUT2D eigenvalue weighted by Crippen LogP contribution is 2.25. The number of nitrogens with zero attached hydrogens (tertiary/aromatic N) is 1. The first-order valence-corrected chi connectivity index (χ1v) is 9.11. The number of hydrogen-bond acceptors (Lipinski definition) is 7. The molecule has 0 atom stereocenters. The van der Waals surface area contributed by atoms with Crippen LogP contribution in [0.4, 0.5) is 11.4 Å². The lowest BCUT2D eigenvalue weighted by molar-refractivity contribution is -2.00. The Morgan fingerprint density at radius 1 is 1.04 bits per heavy atom. The third kappa shape index (κ3) is 4.54. The van der Waals surface area contributed by atoms with E-state index in [1.54, 1.807) is 6.07 Å². The summed E-state index contributed by atoms with van der Waals surface area (Å²) in [6.07, 6.45) is 0. The van der Waals surface area contributed by atoms with Crippen LogP contribution in [-0.4, -0.2) is 5.84 Å². The van der Waals surface area contributed by atoms with Crippen molar-refractivity contribution in [3.05, 3.63) is 69.0 Å². The highest BCUT2D eigenvalue weighted by molar-refractivity contribution is 9.10. The molecule has 3 aromatic rings. The Labute approximate surface area is 156 Å². The van der Waals surface area contributed by atoms with Crippen molar-refractivity contribution in [1.29, 1.82) is 0 Å². The highest BCUT2D eigenvalue weighted by atomic mass is 79.9. The van der Waals surface area contributed by atoms with E-state index in [0.29, 0.717) is 17.0 Å². The maximum atomic E-state index is 12.2. The van der Waals surface area contributed by atoms with Gasteiger partial charge in [-0.25, -0.2) is 23.4 Å². The number of fused-ring (bicyclic) bond motifs is 2. The monoisotopic (exact) mass is 440 g/mol. The molecule has 10 heteroatoms. The molecular formula is C16H10BrClN2O6. The fourth-order valence-corrected chi connectivity index (χ4v) is 2.81. The molecule has 0 bridgehead atoms. The number of nitrogens with two attached hydrogens (primary N) is 1. The Morgan fingerprint density at radius 2 is 1.73 bits per heavy atom. The molecule has 0 fully saturated rings. The highest BCUT2D eigenvalue weighted by Gasteiger charge is 2.23. The van der Waals surface area contributed by atoms with Gasteiger partial charge in [0, 0.05) is 15.9 Å². The summed E-state index contributed by atoms with van der Waals surface area (Å²) in [6, 6.07) is 15.2. The lowest BCUT2D eigenvalue weighted by Gasteiger charge is -2.17. The van der Waals surface area contributed by atoms with Crippen LogP contribution in [0.3, 0.4) is 0 Å². The van der Waals surface area contributed by atoms with Crippen molar-refractivity contribution in [2.45, 2.75) is 0 Å². The van der Waals surface area contributed by atoms with Gasteiger partial charge in [0.15, 0.2) is 5.69 Å². The lowest BCUT2D eigenvalue weighted by Crippen LogP contribution is -2.81. The van der Waals surface area contributed by atoms with E-state index in [-0.39, 0.29) is 5.63 Å². The number of benzene rings is 2. The number of rotatable bonds is 1. The van der Waals surface area contributed by atoms with Crippen molar-refractivity contribution in [2.75, 3.05) is 0 Å². The molecule has 2 N–H and O–H groups in total. The largest absolute Gasteiger partial charge is 0.422 e. The molecule has 0 aliphatic carbocycles. The molecule has 2 aromatic carbocycles. The van der Waals surface area contributed by atoms with Gasteiger partial charge in [-0.3, -0.25) is 5.32 Å². The molecule has 26 heavy (non-hydrogen) atoms. The van der Waals surface area contributed by atoms with Gasteiger partial charge < -0.3 is 4.42 Å². The minimum atomic E-state index is -4.94. The summed E-state index contributed by atoms with van der Waals surface area (Å²) in [6.45, 7) is 0. The van der Waals surface area contributed by atoms with E-state index in [4.69, 9.17) is 23.1 Å². The molecule has 134 valence electrons. The Hall–Kier alpha value is -2.11. The average molecular weight is 442 g/mol. The van der Waals surface area contributed by atoms with Crippen molar-refractivity contribution in [2.24, 2.45) is 4.99 Å². The topological polar surface area (TPSA) is 151 Å². The van der Waals surface area contributed by atoms with Crippen molar-refractivity contribution in [3.8, 4) is 0 Å². The van der Waals surface area contributed by atoms with Crippen LogP contribution in [-0.2, 0) is 0 Å². The summed E-state index contributed by atoms with van der Waals surface area (Å²) < 4.78 is 40.3. The molecule has 1 aliphatic rings. The third-order valence-corrected chi connectivity index (χ3v) is 3.93. The standard InChI is InChI=1S/C16H9BrN2O2.ClHO4/c17-10-5-6-14-9(7-10)8-11(16(20)21-14)15-18-12-3-1-2-4-13(12)19-15;2-1(3,4)5/h1-8H,(H,18,19);(H,2,3,4,5). The van der Waals surface area contributed by atoms with Crippen LogP contribution in [0.25, 0.3) is 11.0 Å². The molecule has 0 amide bonds.